The maximum absolute atomic E-state index is 13.4. The predicted molar refractivity (Wildman–Crippen MR) is 142 cm³/mol. The van der Waals surface area contributed by atoms with Gasteiger partial charge in [-0.05, 0) is 43.5 Å². The summed E-state index contributed by atoms with van der Waals surface area (Å²) in [5.74, 6) is -3.17. The van der Waals surface area contributed by atoms with E-state index in [1.165, 1.54) is 0 Å². The van der Waals surface area contributed by atoms with Gasteiger partial charge >= 0.3 is 18.0 Å². The fourth-order valence-corrected chi connectivity index (χ4v) is 4.04. The molecule has 0 spiro atoms. The van der Waals surface area contributed by atoms with Crippen LogP contribution in [0.1, 0.15) is 43.5 Å². The molecule has 0 saturated heterocycles. The first kappa shape index (κ1) is 27.9. The first-order valence-corrected chi connectivity index (χ1v) is 12.6. The van der Waals surface area contributed by atoms with Crippen LogP contribution in [0.2, 0.25) is 0 Å². The molecule has 1 N–H and O–H groups in total. The summed E-state index contributed by atoms with van der Waals surface area (Å²) in [6.07, 6.45) is -0.787. The molecule has 0 unspecified atom stereocenters. The highest BCUT2D eigenvalue weighted by Gasteiger charge is 2.41. The smallest absolute Gasteiger partial charge is 0.408 e. The average Bonchev–Trinajstić information content (AvgIpc) is 2.86. The summed E-state index contributed by atoms with van der Waals surface area (Å²) in [6.45, 7) is 5.08. The lowest BCUT2D eigenvalue weighted by Gasteiger charge is -2.28. The maximum atomic E-state index is 13.4. The van der Waals surface area contributed by atoms with Crippen LogP contribution in [0.15, 0.2) is 89.4 Å². The van der Waals surface area contributed by atoms with Gasteiger partial charge in [-0.2, -0.15) is 0 Å². The Morgan fingerprint density at radius 2 is 1.22 bits per heavy atom. The number of ether oxygens (including phenoxy) is 3. The second-order valence-corrected chi connectivity index (χ2v) is 10.2. The Morgan fingerprint density at radius 1 is 0.757 bits per heavy atom. The van der Waals surface area contributed by atoms with Gasteiger partial charge in [-0.15, -0.1) is 0 Å². The molecule has 7 nitrogen and oxygen atoms in total. The highest BCUT2D eigenvalue weighted by molar-refractivity contribution is 9.10. The lowest BCUT2D eigenvalue weighted by molar-refractivity contribution is -0.165. The summed E-state index contributed by atoms with van der Waals surface area (Å²) >= 11 is 3.47. The largest absolute Gasteiger partial charge is 0.460 e. The van der Waals surface area contributed by atoms with Crippen molar-refractivity contribution in [1.82, 2.24) is 5.32 Å². The Labute approximate surface area is 225 Å². The summed E-state index contributed by atoms with van der Waals surface area (Å²) < 4.78 is 17.1. The van der Waals surface area contributed by atoms with E-state index < -0.39 is 35.6 Å². The second-order valence-electron chi connectivity index (χ2n) is 9.31. The Hall–Kier alpha value is -3.65. The van der Waals surface area contributed by atoms with Crippen LogP contribution in [0.3, 0.4) is 0 Å². The van der Waals surface area contributed by atoms with Crippen molar-refractivity contribution in [2.45, 2.75) is 45.6 Å². The minimum absolute atomic E-state index is 0.0444. The summed E-state index contributed by atoms with van der Waals surface area (Å²) in [5.41, 5.74) is 1.21. The van der Waals surface area contributed by atoms with E-state index in [1.807, 2.05) is 36.4 Å². The molecule has 0 radical (unpaired) electrons. The van der Waals surface area contributed by atoms with E-state index in [9.17, 15) is 14.4 Å². The number of hydrogen-bond donors (Lipinski definition) is 1. The van der Waals surface area contributed by atoms with E-state index in [4.69, 9.17) is 14.2 Å². The van der Waals surface area contributed by atoms with E-state index in [0.29, 0.717) is 10.0 Å². The van der Waals surface area contributed by atoms with Crippen LogP contribution >= 0.6 is 15.9 Å². The molecule has 0 fully saturated rings. The van der Waals surface area contributed by atoms with Gasteiger partial charge in [-0.3, -0.25) is 9.59 Å². The Morgan fingerprint density at radius 3 is 1.68 bits per heavy atom. The van der Waals surface area contributed by atoms with Crippen LogP contribution in [0.25, 0.3) is 0 Å². The zero-order chi connectivity index (χ0) is 26.8. The lowest BCUT2D eigenvalue weighted by atomic mass is 9.92. The molecule has 3 rings (SSSR count). The van der Waals surface area contributed by atoms with Gasteiger partial charge in [-0.1, -0.05) is 94.8 Å². The standard InChI is InChI=1S/C29H30BrNO6/c1-29(2,3)37-28(34)31-25(22-16-10-11-17-23(22)30)24(26(32)35-18-20-12-6-4-7-13-20)27(33)36-19-21-14-8-5-9-15-21/h4-17,24-25H,18-19H2,1-3H3,(H,31,34)/t25-/m0/s1. The van der Waals surface area contributed by atoms with E-state index in [2.05, 4.69) is 21.2 Å². The van der Waals surface area contributed by atoms with Gasteiger partial charge in [0.1, 0.15) is 18.8 Å². The van der Waals surface area contributed by atoms with Crippen molar-refractivity contribution in [2.24, 2.45) is 5.92 Å². The molecular weight excluding hydrogens is 538 g/mol. The number of amides is 1. The minimum Gasteiger partial charge on any atom is -0.460 e. The third-order valence-corrected chi connectivity index (χ3v) is 5.92. The van der Waals surface area contributed by atoms with Crippen molar-refractivity contribution < 1.29 is 28.6 Å². The zero-order valence-corrected chi connectivity index (χ0v) is 22.6. The lowest BCUT2D eigenvalue weighted by Crippen LogP contribution is -2.44. The summed E-state index contributed by atoms with van der Waals surface area (Å²) in [4.78, 5) is 39.7. The minimum atomic E-state index is -1.50. The first-order valence-electron chi connectivity index (χ1n) is 11.8. The molecule has 0 saturated carbocycles. The fourth-order valence-electron chi connectivity index (χ4n) is 3.51. The molecule has 37 heavy (non-hydrogen) atoms. The number of nitrogens with one attached hydrogen (secondary N) is 1. The van der Waals surface area contributed by atoms with Crippen LogP contribution < -0.4 is 5.32 Å². The van der Waals surface area contributed by atoms with Gasteiger partial charge < -0.3 is 19.5 Å². The molecule has 0 aliphatic carbocycles. The molecule has 1 atom stereocenters. The fraction of sp³-hybridized carbons (Fsp3) is 0.276. The van der Waals surface area contributed by atoms with Gasteiger partial charge in [0.15, 0.2) is 5.92 Å². The Kier molecular flexibility index (Phi) is 9.85. The molecule has 0 heterocycles. The number of rotatable bonds is 9. The van der Waals surface area contributed by atoms with Crippen molar-refractivity contribution in [3.63, 3.8) is 0 Å². The topological polar surface area (TPSA) is 90.9 Å². The van der Waals surface area contributed by atoms with E-state index in [0.717, 1.165) is 11.1 Å². The number of benzene rings is 3. The molecule has 3 aromatic carbocycles. The Balaban J connectivity index is 1.93. The van der Waals surface area contributed by atoms with Gasteiger partial charge in [0.25, 0.3) is 0 Å². The third-order valence-electron chi connectivity index (χ3n) is 5.20. The predicted octanol–water partition coefficient (Wildman–Crippen LogP) is 6.12. The molecule has 1 amide bonds. The molecule has 0 bridgehead atoms. The van der Waals surface area contributed by atoms with Crippen molar-refractivity contribution in [2.75, 3.05) is 0 Å². The van der Waals surface area contributed by atoms with Crippen molar-refractivity contribution >= 4 is 34.0 Å². The van der Waals surface area contributed by atoms with E-state index in [1.54, 1.807) is 69.3 Å². The molecule has 3 aromatic rings. The molecular formula is C29H30BrNO6. The molecule has 0 aliphatic heterocycles. The molecule has 8 heteroatoms. The van der Waals surface area contributed by atoms with Crippen LogP contribution in [-0.2, 0) is 37.0 Å². The van der Waals surface area contributed by atoms with Crippen LogP contribution in [0.4, 0.5) is 4.79 Å². The Bertz CT molecular complexity index is 1140. The summed E-state index contributed by atoms with van der Waals surface area (Å²) in [6, 6.07) is 24.1. The quantitative estimate of drug-likeness (QED) is 0.190. The van der Waals surface area contributed by atoms with Gasteiger partial charge in [0.2, 0.25) is 0 Å². The highest BCUT2D eigenvalue weighted by atomic mass is 79.9. The number of alkyl carbamates (subject to hydrolysis) is 1. The van der Waals surface area contributed by atoms with Crippen LogP contribution in [-0.4, -0.2) is 23.6 Å². The second kappa shape index (κ2) is 13.1. The summed E-state index contributed by atoms with van der Waals surface area (Å²) in [5, 5.41) is 2.70. The average molecular weight is 568 g/mol. The molecule has 0 aromatic heterocycles. The first-order chi connectivity index (χ1) is 17.6. The van der Waals surface area contributed by atoms with Crippen LogP contribution in [0, 0.1) is 5.92 Å². The van der Waals surface area contributed by atoms with Crippen molar-refractivity contribution in [1.29, 1.82) is 0 Å². The van der Waals surface area contributed by atoms with Crippen molar-refractivity contribution in [3.05, 3.63) is 106 Å². The van der Waals surface area contributed by atoms with Crippen molar-refractivity contribution in [3.8, 4) is 0 Å². The number of hydrogen-bond acceptors (Lipinski definition) is 6. The monoisotopic (exact) mass is 567 g/mol. The number of esters is 2. The van der Waals surface area contributed by atoms with E-state index in [-0.39, 0.29) is 13.2 Å². The summed E-state index contributed by atoms with van der Waals surface area (Å²) in [7, 11) is 0. The van der Waals surface area contributed by atoms with Crippen LogP contribution in [0.5, 0.6) is 0 Å². The SMILES string of the molecule is CC(C)(C)OC(=O)N[C@@H](c1ccccc1Br)C(C(=O)OCc1ccccc1)C(=O)OCc1ccccc1. The number of carbonyl (C=O) groups excluding carboxylic acids is 3. The zero-order valence-electron chi connectivity index (χ0n) is 21.0. The molecule has 0 aliphatic rings. The molecule has 194 valence electrons. The number of carbonyl (C=O) groups is 3. The van der Waals surface area contributed by atoms with Gasteiger partial charge in [0, 0.05) is 4.47 Å². The highest BCUT2D eigenvalue weighted by Crippen LogP contribution is 2.31. The third kappa shape index (κ3) is 8.75. The maximum Gasteiger partial charge on any atom is 0.408 e. The van der Waals surface area contributed by atoms with E-state index >= 15 is 0 Å². The number of halogens is 1. The van der Waals surface area contributed by atoms with Gasteiger partial charge in [0.05, 0.1) is 6.04 Å². The normalized spacial score (nSPS) is 11.9. The van der Waals surface area contributed by atoms with Gasteiger partial charge in [-0.25, -0.2) is 4.79 Å².